The van der Waals surface area contributed by atoms with E-state index in [1.54, 1.807) is 6.08 Å². The predicted molar refractivity (Wildman–Crippen MR) is 117 cm³/mol. The van der Waals surface area contributed by atoms with Gasteiger partial charge in [-0.15, -0.1) is 0 Å². The minimum atomic E-state index is -0.826. The van der Waals surface area contributed by atoms with E-state index in [-0.39, 0.29) is 12.1 Å². The van der Waals surface area contributed by atoms with E-state index in [0.717, 1.165) is 19.3 Å². The van der Waals surface area contributed by atoms with Crippen molar-refractivity contribution in [3.05, 3.63) is 23.5 Å². The maximum atomic E-state index is 11.6. The molecule has 1 aliphatic carbocycles. The molecule has 1 N–H and O–H groups in total. The zero-order valence-corrected chi connectivity index (χ0v) is 19.2. The smallest absolute Gasteiger partial charge is 0.303 e. The van der Waals surface area contributed by atoms with Crippen LogP contribution in [0.3, 0.4) is 0 Å². The van der Waals surface area contributed by atoms with Gasteiger partial charge in [0.15, 0.2) is 6.10 Å². The van der Waals surface area contributed by atoms with Crippen molar-refractivity contribution in [1.82, 2.24) is 0 Å². The summed E-state index contributed by atoms with van der Waals surface area (Å²) in [6, 6.07) is 0. The minimum absolute atomic E-state index is 0.320. The Bertz CT molecular complexity index is 580. The lowest BCUT2D eigenvalue weighted by Crippen LogP contribution is -2.30. The van der Waals surface area contributed by atoms with E-state index in [1.165, 1.54) is 72.0 Å². The molecule has 3 atom stereocenters. The average Bonchev–Trinajstić information content (AvgIpc) is 2.67. The van der Waals surface area contributed by atoms with Gasteiger partial charge in [0.2, 0.25) is 0 Å². The summed E-state index contributed by atoms with van der Waals surface area (Å²) >= 11 is 0. The van der Waals surface area contributed by atoms with Gasteiger partial charge in [-0.05, 0) is 30.6 Å². The third-order valence-electron chi connectivity index (χ3n) is 5.26. The van der Waals surface area contributed by atoms with Gasteiger partial charge in [-0.3, -0.25) is 9.59 Å². The number of aliphatic hydroxyl groups is 1. The second kappa shape index (κ2) is 15.1. The molecule has 6 heteroatoms. The van der Waals surface area contributed by atoms with Crippen LogP contribution in [0.2, 0.25) is 0 Å². The number of hydrogen-bond acceptors (Lipinski definition) is 6. The summed E-state index contributed by atoms with van der Waals surface area (Å²) in [7, 11) is 1.48. The Hall–Kier alpha value is -1.82. The Kier molecular flexibility index (Phi) is 13.2. The monoisotopic (exact) mass is 424 g/mol. The van der Waals surface area contributed by atoms with Crippen LogP contribution in [0.25, 0.3) is 0 Å². The highest BCUT2D eigenvalue weighted by Crippen LogP contribution is 2.29. The lowest BCUT2D eigenvalue weighted by molar-refractivity contribution is -0.148. The van der Waals surface area contributed by atoms with Gasteiger partial charge < -0.3 is 19.3 Å². The zero-order chi connectivity index (χ0) is 22.4. The number of ether oxygens (including phenoxy) is 3. The molecule has 0 amide bonds. The van der Waals surface area contributed by atoms with E-state index in [0.29, 0.717) is 17.8 Å². The second-order valence-electron chi connectivity index (χ2n) is 8.05. The van der Waals surface area contributed by atoms with Crippen LogP contribution < -0.4 is 0 Å². The Morgan fingerprint density at radius 2 is 1.57 bits per heavy atom. The molecule has 0 unspecified atom stereocenters. The Balaban J connectivity index is 2.57. The maximum absolute atomic E-state index is 11.6. The number of methoxy groups -OCH3 is 1. The van der Waals surface area contributed by atoms with Crippen LogP contribution >= 0.6 is 0 Å². The summed E-state index contributed by atoms with van der Waals surface area (Å²) in [6.07, 6.45) is 13.5. The molecule has 1 rings (SSSR count). The maximum Gasteiger partial charge on any atom is 0.303 e. The average molecular weight is 425 g/mol. The Morgan fingerprint density at radius 3 is 2.10 bits per heavy atom. The molecular weight excluding hydrogens is 384 g/mol. The van der Waals surface area contributed by atoms with Crippen LogP contribution in [0.5, 0.6) is 0 Å². The molecule has 0 radical (unpaired) electrons. The van der Waals surface area contributed by atoms with Gasteiger partial charge in [-0.2, -0.15) is 0 Å². The predicted octanol–water partition coefficient (Wildman–Crippen LogP) is 4.99. The first-order chi connectivity index (χ1) is 14.4. The quantitative estimate of drug-likeness (QED) is 0.226. The first-order valence-corrected chi connectivity index (χ1v) is 11.4. The summed E-state index contributed by atoms with van der Waals surface area (Å²) in [5.41, 5.74) is 0.694. The van der Waals surface area contributed by atoms with E-state index in [1.807, 2.05) is 0 Å². The van der Waals surface area contributed by atoms with Gasteiger partial charge in [-0.25, -0.2) is 0 Å². The summed E-state index contributed by atoms with van der Waals surface area (Å²) < 4.78 is 16.2. The van der Waals surface area contributed by atoms with Gasteiger partial charge >= 0.3 is 11.9 Å². The van der Waals surface area contributed by atoms with Crippen LogP contribution in [0.4, 0.5) is 0 Å². The number of carbonyl (C=O) groups is 2. The molecule has 0 spiro atoms. The molecule has 6 nitrogen and oxygen atoms in total. The van der Waals surface area contributed by atoms with Gasteiger partial charge in [-0.1, -0.05) is 58.3 Å². The highest BCUT2D eigenvalue weighted by atomic mass is 16.6. The van der Waals surface area contributed by atoms with Crippen molar-refractivity contribution in [3.8, 4) is 0 Å². The van der Waals surface area contributed by atoms with Crippen molar-refractivity contribution in [2.45, 2.75) is 110 Å². The third kappa shape index (κ3) is 10.8. The summed E-state index contributed by atoms with van der Waals surface area (Å²) in [5, 5.41) is 10.1. The summed E-state index contributed by atoms with van der Waals surface area (Å²) in [5.74, 6) is -0.382. The lowest BCUT2D eigenvalue weighted by Gasteiger charge is -2.29. The fraction of sp³-hybridized carbons (Fsp3) is 0.750. The SMILES string of the molecule is CCCCCCCCCCC[C@H](CC1=C[C@H](O)C=C(OC)[C@H]1OC(C)=O)OC(C)=O. The standard InChI is InChI=1S/C24H40O6/c1-5-6-7-8-9-10-11-12-13-14-22(29-18(2)25)16-20-15-21(27)17-23(28-4)24(20)30-19(3)26/h15,17,21-22,24,27H,5-14,16H2,1-4H3/t21-,22+,24-/m0/s1. The van der Waals surface area contributed by atoms with Gasteiger partial charge in [0, 0.05) is 20.3 Å². The number of rotatable bonds is 15. The molecule has 0 aliphatic heterocycles. The topological polar surface area (TPSA) is 82.1 Å². The molecule has 0 fully saturated rings. The molecule has 0 saturated heterocycles. The van der Waals surface area contributed by atoms with Gasteiger partial charge in [0.05, 0.1) is 13.2 Å². The van der Waals surface area contributed by atoms with Crippen LogP contribution in [-0.4, -0.2) is 42.5 Å². The van der Waals surface area contributed by atoms with E-state index in [9.17, 15) is 14.7 Å². The molecule has 172 valence electrons. The number of unbranched alkanes of at least 4 members (excludes halogenated alkanes) is 8. The van der Waals surface area contributed by atoms with Crippen molar-refractivity contribution in [1.29, 1.82) is 0 Å². The fourth-order valence-corrected chi connectivity index (χ4v) is 3.83. The van der Waals surface area contributed by atoms with E-state index in [2.05, 4.69) is 6.92 Å². The highest BCUT2D eigenvalue weighted by Gasteiger charge is 2.30. The zero-order valence-electron chi connectivity index (χ0n) is 19.2. The van der Waals surface area contributed by atoms with Crippen LogP contribution in [-0.2, 0) is 23.8 Å². The number of hydrogen-bond donors (Lipinski definition) is 1. The van der Waals surface area contributed by atoms with Crippen molar-refractivity contribution in [2.24, 2.45) is 0 Å². The normalized spacial score (nSPS) is 19.5. The van der Waals surface area contributed by atoms with Crippen LogP contribution in [0.15, 0.2) is 23.5 Å². The minimum Gasteiger partial charge on any atom is -0.497 e. The molecule has 0 aromatic rings. The first kappa shape index (κ1) is 26.2. The summed E-state index contributed by atoms with van der Waals surface area (Å²) in [6.45, 7) is 4.96. The van der Waals surface area contributed by atoms with Gasteiger partial charge in [0.1, 0.15) is 11.9 Å². The number of carbonyl (C=O) groups excluding carboxylic acids is 2. The van der Waals surface area contributed by atoms with Crippen molar-refractivity contribution >= 4 is 11.9 Å². The van der Waals surface area contributed by atoms with Crippen molar-refractivity contribution < 1.29 is 28.9 Å². The van der Waals surface area contributed by atoms with Crippen LogP contribution in [0.1, 0.15) is 91.4 Å². The van der Waals surface area contributed by atoms with Crippen molar-refractivity contribution in [3.63, 3.8) is 0 Å². The Labute approximate surface area is 181 Å². The van der Waals surface area contributed by atoms with E-state index in [4.69, 9.17) is 14.2 Å². The molecule has 0 aromatic heterocycles. The van der Waals surface area contributed by atoms with E-state index >= 15 is 0 Å². The molecule has 1 aliphatic rings. The first-order valence-electron chi connectivity index (χ1n) is 11.4. The van der Waals surface area contributed by atoms with Gasteiger partial charge in [0.25, 0.3) is 0 Å². The van der Waals surface area contributed by atoms with E-state index < -0.39 is 18.2 Å². The molecule has 0 bridgehead atoms. The Morgan fingerprint density at radius 1 is 0.967 bits per heavy atom. The molecule has 0 saturated carbocycles. The molecule has 0 heterocycles. The number of aliphatic hydroxyl groups excluding tert-OH is 1. The molecule has 30 heavy (non-hydrogen) atoms. The highest BCUT2D eigenvalue weighted by molar-refractivity contribution is 5.67. The molecular formula is C24H40O6. The van der Waals surface area contributed by atoms with Crippen molar-refractivity contribution in [2.75, 3.05) is 7.11 Å². The third-order valence-corrected chi connectivity index (χ3v) is 5.26. The second-order valence-corrected chi connectivity index (χ2v) is 8.05. The number of esters is 2. The summed E-state index contributed by atoms with van der Waals surface area (Å²) in [4.78, 5) is 23.1. The van der Waals surface area contributed by atoms with Crippen LogP contribution in [0, 0.1) is 0 Å². The lowest BCUT2D eigenvalue weighted by atomic mass is 9.92. The fourth-order valence-electron chi connectivity index (χ4n) is 3.83. The molecule has 0 aromatic carbocycles. The largest absolute Gasteiger partial charge is 0.497 e.